The first-order valence-corrected chi connectivity index (χ1v) is 9.05. The van der Waals surface area contributed by atoms with Gasteiger partial charge in [-0.2, -0.15) is 0 Å². The predicted molar refractivity (Wildman–Crippen MR) is 94.6 cm³/mol. The summed E-state index contributed by atoms with van der Waals surface area (Å²) >= 11 is 1.63. The van der Waals surface area contributed by atoms with Crippen LogP contribution in [0.4, 0.5) is 0 Å². The molecule has 0 spiro atoms. The average molecular weight is 332 g/mol. The lowest BCUT2D eigenvalue weighted by atomic mass is 9.67. The molecular formula is C17H24N4OS. The molecule has 6 heteroatoms. The Morgan fingerprint density at radius 2 is 2.30 bits per heavy atom. The van der Waals surface area contributed by atoms with E-state index in [2.05, 4.69) is 27.5 Å². The van der Waals surface area contributed by atoms with Crippen LogP contribution in [-0.4, -0.2) is 24.5 Å². The van der Waals surface area contributed by atoms with Crippen LogP contribution in [0.2, 0.25) is 0 Å². The molecule has 0 unspecified atom stereocenters. The number of guanidine groups is 1. The molecule has 1 aliphatic carbocycles. The van der Waals surface area contributed by atoms with E-state index in [-0.39, 0.29) is 0 Å². The first-order valence-electron chi connectivity index (χ1n) is 8.17. The maximum Gasteiger partial charge on any atom is 0.236 e. The standard InChI is InChI=1S/C17H24N4OS/c1-3-17(7-5-8-17)12-20-16(18-2)19-10-13-11-22-15(21-13)14-6-4-9-23-14/h4,6,9,11H,3,5,7-8,10,12H2,1-2H3,(H2,18,19,20). The molecular weight excluding hydrogens is 308 g/mol. The number of aromatic nitrogens is 1. The lowest BCUT2D eigenvalue weighted by molar-refractivity contribution is 0.131. The summed E-state index contributed by atoms with van der Waals surface area (Å²) in [6.07, 6.45) is 6.92. The second-order valence-electron chi connectivity index (χ2n) is 6.11. The predicted octanol–water partition coefficient (Wildman–Crippen LogP) is 3.65. The van der Waals surface area contributed by atoms with E-state index in [1.54, 1.807) is 24.6 Å². The molecule has 0 saturated heterocycles. The number of oxazole rings is 1. The van der Waals surface area contributed by atoms with Crippen LogP contribution < -0.4 is 10.6 Å². The summed E-state index contributed by atoms with van der Waals surface area (Å²) in [6, 6.07) is 4.01. The fourth-order valence-corrected chi connectivity index (χ4v) is 3.56. The van der Waals surface area contributed by atoms with Gasteiger partial charge in [-0.25, -0.2) is 4.98 Å². The van der Waals surface area contributed by atoms with Crippen molar-refractivity contribution in [3.63, 3.8) is 0 Å². The highest BCUT2D eigenvalue weighted by Gasteiger charge is 2.34. The number of nitrogens with one attached hydrogen (secondary N) is 2. The molecule has 1 saturated carbocycles. The highest BCUT2D eigenvalue weighted by molar-refractivity contribution is 7.13. The molecule has 2 heterocycles. The summed E-state index contributed by atoms with van der Waals surface area (Å²) in [5, 5.41) is 8.78. The van der Waals surface area contributed by atoms with Crippen LogP contribution >= 0.6 is 11.3 Å². The minimum absolute atomic E-state index is 0.470. The molecule has 1 fully saturated rings. The maximum absolute atomic E-state index is 5.53. The molecule has 2 aromatic heterocycles. The van der Waals surface area contributed by atoms with Crippen LogP contribution in [0.15, 0.2) is 33.2 Å². The number of hydrogen-bond donors (Lipinski definition) is 2. The van der Waals surface area contributed by atoms with Gasteiger partial charge in [-0.15, -0.1) is 11.3 Å². The quantitative estimate of drug-likeness (QED) is 0.626. The first-order chi connectivity index (χ1) is 11.2. The van der Waals surface area contributed by atoms with Crippen molar-refractivity contribution in [1.29, 1.82) is 0 Å². The summed E-state index contributed by atoms with van der Waals surface area (Å²) in [5.74, 6) is 1.50. The fraction of sp³-hybridized carbons (Fsp3) is 0.529. The second kappa shape index (κ2) is 7.17. The van der Waals surface area contributed by atoms with Crippen molar-refractivity contribution in [2.75, 3.05) is 13.6 Å². The van der Waals surface area contributed by atoms with Crippen molar-refractivity contribution in [2.24, 2.45) is 10.4 Å². The minimum atomic E-state index is 0.470. The third kappa shape index (κ3) is 3.75. The van der Waals surface area contributed by atoms with E-state index in [0.717, 1.165) is 23.1 Å². The van der Waals surface area contributed by atoms with Crippen molar-refractivity contribution < 1.29 is 4.42 Å². The number of aliphatic imine (C=N–C) groups is 1. The average Bonchev–Trinajstić information content (AvgIpc) is 3.20. The highest BCUT2D eigenvalue weighted by atomic mass is 32.1. The van der Waals surface area contributed by atoms with Gasteiger partial charge in [-0.1, -0.05) is 19.4 Å². The number of rotatable bonds is 6. The van der Waals surface area contributed by atoms with Gasteiger partial charge >= 0.3 is 0 Å². The lowest BCUT2D eigenvalue weighted by Gasteiger charge is -2.41. The van der Waals surface area contributed by atoms with E-state index < -0.39 is 0 Å². The van der Waals surface area contributed by atoms with Crippen LogP contribution in [0.5, 0.6) is 0 Å². The third-order valence-corrected chi connectivity index (χ3v) is 5.60. The maximum atomic E-state index is 5.53. The Bertz CT molecular complexity index is 638. The zero-order valence-corrected chi connectivity index (χ0v) is 14.6. The smallest absolute Gasteiger partial charge is 0.236 e. The molecule has 2 N–H and O–H groups in total. The molecule has 0 radical (unpaired) electrons. The lowest BCUT2D eigenvalue weighted by Crippen LogP contribution is -2.46. The Balaban J connectivity index is 1.50. The van der Waals surface area contributed by atoms with Crippen molar-refractivity contribution in [2.45, 2.75) is 39.2 Å². The Morgan fingerprint density at radius 3 is 2.91 bits per heavy atom. The first kappa shape index (κ1) is 16.1. The Labute approximate surface area is 141 Å². The van der Waals surface area contributed by atoms with Crippen LogP contribution in [0.3, 0.4) is 0 Å². The monoisotopic (exact) mass is 332 g/mol. The topological polar surface area (TPSA) is 62.5 Å². The van der Waals surface area contributed by atoms with Gasteiger partial charge in [-0.3, -0.25) is 4.99 Å². The van der Waals surface area contributed by atoms with Crippen LogP contribution in [0.25, 0.3) is 10.8 Å². The summed E-state index contributed by atoms with van der Waals surface area (Å²) < 4.78 is 5.53. The summed E-state index contributed by atoms with van der Waals surface area (Å²) in [6.45, 7) is 3.87. The molecule has 3 rings (SSSR count). The highest BCUT2D eigenvalue weighted by Crippen LogP contribution is 2.42. The van der Waals surface area contributed by atoms with Gasteiger partial charge in [0.2, 0.25) is 5.89 Å². The molecule has 23 heavy (non-hydrogen) atoms. The second-order valence-corrected chi connectivity index (χ2v) is 7.06. The molecule has 0 aliphatic heterocycles. The van der Waals surface area contributed by atoms with Crippen molar-refractivity contribution >= 4 is 17.3 Å². The number of nitrogens with zero attached hydrogens (tertiary/aromatic N) is 2. The van der Waals surface area contributed by atoms with Crippen LogP contribution in [0, 0.1) is 5.41 Å². The summed E-state index contributed by atoms with van der Waals surface area (Å²) in [4.78, 5) is 9.85. The van der Waals surface area contributed by atoms with Gasteiger partial charge in [-0.05, 0) is 36.1 Å². The van der Waals surface area contributed by atoms with E-state index >= 15 is 0 Å². The van der Waals surface area contributed by atoms with E-state index in [0.29, 0.717) is 17.9 Å². The molecule has 5 nitrogen and oxygen atoms in total. The molecule has 2 aromatic rings. The van der Waals surface area contributed by atoms with Gasteiger partial charge in [0.05, 0.1) is 17.1 Å². The van der Waals surface area contributed by atoms with Gasteiger partial charge < -0.3 is 15.1 Å². The molecule has 0 bridgehead atoms. The fourth-order valence-electron chi connectivity index (χ4n) is 2.90. The third-order valence-electron chi connectivity index (χ3n) is 4.74. The summed E-state index contributed by atoms with van der Waals surface area (Å²) in [5.41, 5.74) is 1.35. The summed E-state index contributed by atoms with van der Waals surface area (Å²) in [7, 11) is 1.80. The van der Waals surface area contributed by atoms with E-state index in [4.69, 9.17) is 4.42 Å². The van der Waals surface area contributed by atoms with Crippen LogP contribution in [0.1, 0.15) is 38.3 Å². The van der Waals surface area contributed by atoms with Crippen molar-refractivity contribution in [3.05, 3.63) is 29.5 Å². The van der Waals surface area contributed by atoms with Crippen molar-refractivity contribution in [3.8, 4) is 10.8 Å². The SMILES string of the molecule is CCC1(CNC(=NC)NCc2coc(-c3cccs3)n2)CCC1. The Kier molecular flexibility index (Phi) is 5.00. The van der Waals surface area contributed by atoms with E-state index in [1.165, 1.54) is 25.7 Å². The Hall–Kier alpha value is -1.82. The minimum Gasteiger partial charge on any atom is -0.443 e. The zero-order chi connectivity index (χ0) is 16.1. The van der Waals surface area contributed by atoms with Gasteiger partial charge in [0, 0.05) is 13.6 Å². The number of hydrogen-bond acceptors (Lipinski definition) is 4. The van der Waals surface area contributed by atoms with Gasteiger partial charge in [0.1, 0.15) is 6.26 Å². The molecule has 1 aliphatic rings. The van der Waals surface area contributed by atoms with Gasteiger partial charge in [0.25, 0.3) is 0 Å². The normalized spacial score (nSPS) is 16.9. The van der Waals surface area contributed by atoms with Gasteiger partial charge in [0.15, 0.2) is 5.96 Å². The van der Waals surface area contributed by atoms with Crippen LogP contribution in [-0.2, 0) is 6.54 Å². The zero-order valence-electron chi connectivity index (χ0n) is 13.8. The molecule has 0 amide bonds. The molecule has 0 aromatic carbocycles. The molecule has 124 valence electrons. The Morgan fingerprint density at radius 1 is 1.43 bits per heavy atom. The largest absolute Gasteiger partial charge is 0.443 e. The molecule has 0 atom stereocenters. The van der Waals surface area contributed by atoms with E-state index in [9.17, 15) is 0 Å². The van der Waals surface area contributed by atoms with Crippen molar-refractivity contribution in [1.82, 2.24) is 15.6 Å². The number of thiophene rings is 1. The van der Waals surface area contributed by atoms with E-state index in [1.807, 2.05) is 17.5 Å².